The van der Waals surface area contributed by atoms with Crippen LogP contribution in [0.4, 0.5) is 0 Å². The van der Waals surface area contributed by atoms with Gasteiger partial charge in [0.2, 0.25) is 5.91 Å². The van der Waals surface area contributed by atoms with Gasteiger partial charge in [0, 0.05) is 12.5 Å². The molecule has 76 valence electrons. The normalized spacial score (nSPS) is 28.7. The van der Waals surface area contributed by atoms with Crippen LogP contribution in [0.25, 0.3) is 0 Å². The number of hydrogen-bond donors (Lipinski definition) is 1. The number of alkyl halides is 1. The minimum Gasteiger partial charge on any atom is -0.354 e. The van der Waals surface area contributed by atoms with Gasteiger partial charge in [-0.3, -0.25) is 4.79 Å². The van der Waals surface area contributed by atoms with Gasteiger partial charge in [-0.2, -0.15) is 0 Å². The fourth-order valence-electron chi connectivity index (χ4n) is 1.25. The summed E-state index contributed by atoms with van der Waals surface area (Å²) >= 11 is 6.01. The summed E-state index contributed by atoms with van der Waals surface area (Å²) in [6.07, 6.45) is 1.04. The number of rotatable bonds is 4. The molecule has 0 saturated heterocycles. The van der Waals surface area contributed by atoms with Gasteiger partial charge in [-0.25, -0.2) is 0 Å². The maximum absolute atomic E-state index is 11.4. The first-order valence-corrected chi connectivity index (χ1v) is 5.37. The van der Waals surface area contributed by atoms with E-state index in [4.69, 9.17) is 11.6 Å². The molecule has 1 N–H and O–H groups in total. The Labute approximate surface area is 85.0 Å². The highest BCUT2D eigenvalue weighted by molar-refractivity contribution is 6.21. The molecule has 1 rings (SSSR count). The summed E-state index contributed by atoms with van der Waals surface area (Å²) in [4.78, 5) is 11.4. The smallest absolute Gasteiger partial charge is 0.223 e. The van der Waals surface area contributed by atoms with Crippen LogP contribution in [0.5, 0.6) is 0 Å². The summed E-state index contributed by atoms with van der Waals surface area (Å²) in [5.41, 5.74) is 0. The van der Waals surface area contributed by atoms with E-state index < -0.39 is 0 Å². The maximum Gasteiger partial charge on any atom is 0.223 e. The third kappa shape index (κ3) is 3.18. The Morgan fingerprint density at radius 1 is 1.62 bits per heavy atom. The van der Waals surface area contributed by atoms with E-state index in [1.165, 1.54) is 0 Å². The van der Waals surface area contributed by atoms with E-state index in [1.807, 2.05) is 0 Å². The number of carbonyl (C=O) groups is 1. The lowest BCUT2D eigenvalue weighted by Gasteiger charge is -2.13. The maximum atomic E-state index is 11.4. The van der Waals surface area contributed by atoms with Gasteiger partial charge in [0.15, 0.2) is 0 Å². The van der Waals surface area contributed by atoms with Crippen molar-refractivity contribution in [3.63, 3.8) is 0 Å². The molecule has 1 aliphatic carbocycles. The molecular formula is C10H18ClNO. The number of nitrogens with one attached hydrogen (secondary N) is 1. The van der Waals surface area contributed by atoms with Gasteiger partial charge in [0.25, 0.3) is 0 Å². The molecule has 0 radical (unpaired) electrons. The number of hydrogen-bond acceptors (Lipinski definition) is 1. The predicted molar refractivity (Wildman–Crippen MR) is 54.8 cm³/mol. The van der Waals surface area contributed by atoms with Gasteiger partial charge in [-0.1, -0.05) is 20.8 Å². The average Bonchev–Trinajstić information content (AvgIpc) is 2.77. The van der Waals surface area contributed by atoms with Crippen LogP contribution in [0.1, 0.15) is 27.2 Å². The molecule has 1 fully saturated rings. The molecule has 1 amide bonds. The minimum atomic E-state index is 0.0537. The fraction of sp³-hybridized carbons (Fsp3) is 0.900. The van der Waals surface area contributed by atoms with Crippen molar-refractivity contribution in [2.75, 3.05) is 6.54 Å². The molecule has 0 aromatic carbocycles. The molecule has 3 unspecified atom stereocenters. The Hall–Kier alpha value is -0.240. The van der Waals surface area contributed by atoms with Gasteiger partial charge in [-0.15, -0.1) is 11.6 Å². The topological polar surface area (TPSA) is 29.1 Å². The summed E-state index contributed by atoms with van der Waals surface area (Å²) in [5, 5.41) is 2.94. The Morgan fingerprint density at radius 3 is 2.54 bits per heavy atom. The average molecular weight is 204 g/mol. The second-order valence-corrected chi connectivity index (χ2v) is 4.89. The molecule has 0 spiro atoms. The SMILES string of the molecule is CC(C)C(Cl)CNC(=O)C1CC1C. The van der Waals surface area contributed by atoms with E-state index in [2.05, 4.69) is 26.1 Å². The Morgan fingerprint density at radius 2 is 2.15 bits per heavy atom. The molecule has 2 nitrogen and oxygen atoms in total. The minimum absolute atomic E-state index is 0.0537. The van der Waals surface area contributed by atoms with Gasteiger partial charge in [0.1, 0.15) is 0 Å². The van der Waals surface area contributed by atoms with Gasteiger partial charge < -0.3 is 5.32 Å². The summed E-state index contributed by atoms with van der Waals surface area (Å²) in [6, 6.07) is 0. The largest absolute Gasteiger partial charge is 0.354 e. The lowest BCUT2D eigenvalue weighted by molar-refractivity contribution is -0.122. The Kier molecular flexibility index (Phi) is 3.60. The molecule has 0 aromatic rings. The van der Waals surface area contributed by atoms with E-state index in [0.717, 1.165) is 6.42 Å². The molecular weight excluding hydrogens is 186 g/mol. The van der Waals surface area contributed by atoms with Crippen LogP contribution in [0.2, 0.25) is 0 Å². The summed E-state index contributed by atoms with van der Waals surface area (Å²) < 4.78 is 0. The number of halogens is 1. The zero-order chi connectivity index (χ0) is 10.0. The molecule has 0 aliphatic heterocycles. The highest BCUT2D eigenvalue weighted by Gasteiger charge is 2.38. The van der Waals surface area contributed by atoms with E-state index in [1.54, 1.807) is 0 Å². The molecule has 3 atom stereocenters. The zero-order valence-corrected chi connectivity index (χ0v) is 9.27. The van der Waals surface area contributed by atoms with E-state index in [9.17, 15) is 4.79 Å². The second-order valence-electron chi connectivity index (χ2n) is 4.32. The molecule has 3 heteroatoms. The molecule has 0 aromatic heterocycles. The molecule has 13 heavy (non-hydrogen) atoms. The van der Waals surface area contributed by atoms with Crippen LogP contribution in [0, 0.1) is 17.8 Å². The molecule has 1 aliphatic rings. The Balaban J connectivity index is 2.15. The quantitative estimate of drug-likeness (QED) is 0.696. The van der Waals surface area contributed by atoms with Crippen LogP contribution < -0.4 is 5.32 Å². The summed E-state index contributed by atoms with van der Waals surface area (Å²) in [7, 11) is 0. The monoisotopic (exact) mass is 203 g/mol. The highest BCUT2D eigenvalue weighted by atomic mass is 35.5. The van der Waals surface area contributed by atoms with Crippen molar-refractivity contribution < 1.29 is 4.79 Å². The van der Waals surface area contributed by atoms with Crippen molar-refractivity contribution >= 4 is 17.5 Å². The standard InChI is InChI=1S/C10H18ClNO/c1-6(2)9(11)5-12-10(13)8-4-7(8)3/h6-9H,4-5H2,1-3H3,(H,12,13). The van der Waals surface area contributed by atoms with Crippen LogP contribution in [-0.4, -0.2) is 17.8 Å². The Bertz CT molecular complexity index is 193. The van der Waals surface area contributed by atoms with Crippen LogP contribution in [0.3, 0.4) is 0 Å². The predicted octanol–water partition coefficient (Wildman–Crippen LogP) is 2.02. The summed E-state index contributed by atoms with van der Waals surface area (Å²) in [6.45, 7) is 6.82. The fourth-order valence-corrected chi connectivity index (χ4v) is 1.33. The first kappa shape index (κ1) is 10.8. The van der Waals surface area contributed by atoms with Crippen molar-refractivity contribution in [1.82, 2.24) is 5.32 Å². The van der Waals surface area contributed by atoms with Crippen LogP contribution >= 0.6 is 11.6 Å². The summed E-state index contributed by atoms with van der Waals surface area (Å²) in [5.74, 6) is 1.43. The third-order valence-corrected chi connectivity index (χ3v) is 3.30. The lowest BCUT2D eigenvalue weighted by atomic mass is 10.1. The van der Waals surface area contributed by atoms with Crippen molar-refractivity contribution in [3.8, 4) is 0 Å². The number of carbonyl (C=O) groups excluding carboxylic acids is 1. The second kappa shape index (κ2) is 4.32. The van der Waals surface area contributed by atoms with Gasteiger partial charge >= 0.3 is 0 Å². The van der Waals surface area contributed by atoms with Crippen molar-refractivity contribution in [3.05, 3.63) is 0 Å². The third-order valence-electron chi connectivity index (χ3n) is 2.64. The van der Waals surface area contributed by atoms with Gasteiger partial charge in [0.05, 0.1) is 5.38 Å². The van der Waals surface area contributed by atoms with Crippen LogP contribution in [0.15, 0.2) is 0 Å². The first-order chi connectivity index (χ1) is 6.02. The lowest BCUT2D eigenvalue weighted by Crippen LogP contribution is -2.33. The zero-order valence-electron chi connectivity index (χ0n) is 8.51. The van der Waals surface area contributed by atoms with E-state index in [-0.39, 0.29) is 17.2 Å². The highest BCUT2D eigenvalue weighted by Crippen LogP contribution is 2.37. The molecule has 1 saturated carbocycles. The molecule has 0 bridgehead atoms. The van der Waals surface area contributed by atoms with E-state index in [0.29, 0.717) is 18.4 Å². The van der Waals surface area contributed by atoms with Crippen molar-refractivity contribution in [1.29, 1.82) is 0 Å². The van der Waals surface area contributed by atoms with Crippen molar-refractivity contribution in [2.45, 2.75) is 32.6 Å². The van der Waals surface area contributed by atoms with E-state index >= 15 is 0 Å². The first-order valence-electron chi connectivity index (χ1n) is 4.94. The van der Waals surface area contributed by atoms with Crippen molar-refractivity contribution in [2.24, 2.45) is 17.8 Å². The van der Waals surface area contributed by atoms with Crippen LogP contribution in [-0.2, 0) is 4.79 Å². The molecule has 0 heterocycles. The van der Waals surface area contributed by atoms with Gasteiger partial charge in [-0.05, 0) is 18.3 Å². The number of amides is 1.